The van der Waals surface area contributed by atoms with Crippen molar-refractivity contribution in [3.63, 3.8) is 0 Å². The molecule has 1 atom stereocenters. The molecule has 0 fully saturated rings. The number of carbonyl (C=O) groups excluding carboxylic acids is 2. The number of halogens is 2. The van der Waals surface area contributed by atoms with E-state index >= 15 is 0 Å². The standard InChI is InChI=1S/C34H35F2N3O4S/c1-24(2)37-34(41)32(21-26-9-5-4-6-10-26)38(22-27-11-7-8-12-31(27)36)33(40)23-39(29-17-13-25(3)14-18-29)44(42,43)30-19-15-28(35)16-20-30/h4-20,24,32H,21-23H2,1-3H3,(H,37,41)/t32-/m0/s1. The predicted molar refractivity (Wildman–Crippen MR) is 166 cm³/mol. The van der Waals surface area contributed by atoms with Crippen molar-refractivity contribution in [3.05, 3.63) is 131 Å². The van der Waals surface area contributed by atoms with Crippen LogP contribution in [0.1, 0.15) is 30.5 Å². The van der Waals surface area contributed by atoms with Crippen molar-refractivity contribution in [2.24, 2.45) is 0 Å². The maximum atomic E-state index is 14.9. The van der Waals surface area contributed by atoms with Gasteiger partial charge in [-0.1, -0.05) is 66.2 Å². The average Bonchev–Trinajstić information content (AvgIpc) is 2.99. The minimum atomic E-state index is -4.37. The van der Waals surface area contributed by atoms with Gasteiger partial charge in [0.25, 0.3) is 10.0 Å². The number of nitrogens with one attached hydrogen (secondary N) is 1. The highest BCUT2D eigenvalue weighted by Gasteiger charge is 2.35. The van der Waals surface area contributed by atoms with Crippen LogP contribution in [0.4, 0.5) is 14.5 Å². The fourth-order valence-corrected chi connectivity index (χ4v) is 6.13. The summed E-state index contributed by atoms with van der Waals surface area (Å²) < 4.78 is 57.4. The van der Waals surface area contributed by atoms with E-state index in [-0.39, 0.29) is 35.2 Å². The fraction of sp³-hybridized carbons (Fsp3) is 0.235. The molecule has 0 aliphatic rings. The summed E-state index contributed by atoms with van der Waals surface area (Å²) in [7, 11) is -4.37. The third kappa shape index (κ3) is 8.08. The van der Waals surface area contributed by atoms with Crippen molar-refractivity contribution in [2.45, 2.75) is 50.7 Å². The quantitative estimate of drug-likeness (QED) is 0.223. The molecule has 10 heteroatoms. The number of nitrogens with zero attached hydrogens (tertiary/aromatic N) is 2. The molecule has 0 aromatic heterocycles. The molecule has 230 valence electrons. The van der Waals surface area contributed by atoms with E-state index in [4.69, 9.17) is 0 Å². The number of sulfonamides is 1. The lowest BCUT2D eigenvalue weighted by atomic mass is 10.0. The zero-order valence-corrected chi connectivity index (χ0v) is 25.6. The molecule has 0 unspecified atom stereocenters. The lowest BCUT2D eigenvalue weighted by Gasteiger charge is -2.34. The number of benzene rings is 4. The van der Waals surface area contributed by atoms with Gasteiger partial charge in [0.1, 0.15) is 24.2 Å². The lowest BCUT2D eigenvalue weighted by Crippen LogP contribution is -2.54. The van der Waals surface area contributed by atoms with Gasteiger partial charge in [-0.25, -0.2) is 17.2 Å². The van der Waals surface area contributed by atoms with Gasteiger partial charge in [-0.05, 0) is 68.8 Å². The van der Waals surface area contributed by atoms with E-state index in [1.165, 1.54) is 23.1 Å². The summed E-state index contributed by atoms with van der Waals surface area (Å²) in [5.41, 5.74) is 2.00. The van der Waals surface area contributed by atoms with Crippen LogP contribution in [-0.4, -0.2) is 43.8 Å². The highest BCUT2D eigenvalue weighted by molar-refractivity contribution is 7.92. The Morgan fingerprint density at radius 2 is 1.43 bits per heavy atom. The van der Waals surface area contributed by atoms with Crippen LogP contribution in [0.2, 0.25) is 0 Å². The molecule has 0 heterocycles. The van der Waals surface area contributed by atoms with Gasteiger partial charge in [0.15, 0.2) is 0 Å². The third-order valence-electron chi connectivity index (χ3n) is 7.00. The van der Waals surface area contributed by atoms with Crippen LogP contribution in [-0.2, 0) is 32.6 Å². The van der Waals surface area contributed by atoms with Gasteiger partial charge in [0, 0.05) is 24.6 Å². The zero-order valence-electron chi connectivity index (χ0n) is 24.8. The number of rotatable bonds is 12. The Balaban J connectivity index is 1.81. The second-order valence-corrected chi connectivity index (χ2v) is 12.6. The van der Waals surface area contributed by atoms with Crippen LogP contribution >= 0.6 is 0 Å². The first-order valence-corrected chi connectivity index (χ1v) is 15.6. The van der Waals surface area contributed by atoms with Gasteiger partial charge in [0.2, 0.25) is 11.8 Å². The normalized spacial score (nSPS) is 12.0. The largest absolute Gasteiger partial charge is 0.352 e. The molecule has 4 aromatic rings. The van der Waals surface area contributed by atoms with E-state index < -0.39 is 46.1 Å². The molecule has 0 bridgehead atoms. The lowest BCUT2D eigenvalue weighted by molar-refractivity contribution is -0.140. The molecule has 2 amide bonds. The smallest absolute Gasteiger partial charge is 0.264 e. The van der Waals surface area contributed by atoms with Gasteiger partial charge < -0.3 is 10.2 Å². The molecular formula is C34H35F2N3O4S. The second kappa shape index (κ2) is 14.3. The second-order valence-electron chi connectivity index (χ2n) is 10.8. The van der Waals surface area contributed by atoms with E-state index in [0.29, 0.717) is 0 Å². The average molecular weight is 620 g/mol. The SMILES string of the molecule is Cc1ccc(N(CC(=O)N(Cc2ccccc2F)[C@@H](Cc2ccccc2)C(=O)NC(C)C)S(=O)(=O)c2ccc(F)cc2)cc1. The first-order valence-electron chi connectivity index (χ1n) is 14.2. The van der Waals surface area contributed by atoms with Crippen molar-refractivity contribution in [1.82, 2.24) is 10.2 Å². The number of carbonyl (C=O) groups is 2. The van der Waals surface area contributed by atoms with Gasteiger partial charge >= 0.3 is 0 Å². The summed E-state index contributed by atoms with van der Waals surface area (Å²) in [5, 5.41) is 2.86. The fourth-order valence-electron chi connectivity index (χ4n) is 4.72. The van der Waals surface area contributed by atoms with E-state index in [1.54, 1.807) is 44.2 Å². The van der Waals surface area contributed by atoms with Crippen molar-refractivity contribution >= 4 is 27.5 Å². The third-order valence-corrected chi connectivity index (χ3v) is 8.79. The number of anilines is 1. The molecule has 0 saturated carbocycles. The number of hydrogen-bond donors (Lipinski definition) is 1. The van der Waals surface area contributed by atoms with Crippen LogP contribution < -0.4 is 9.62 Å². The van der Waals surface area contributed by atoms with E-state index in [9.17, 15) is 26.8 Å². The summed E-state index contributed by atoms with van der Waals surface area (Å²) in [6.45, 7) is 4.43. The molecule has 1 N–H and O–H groups in total. The molecule has 44 heavy (non-hydrogen) atoms. The molecule has 0 spiro atoms. The Hall–Kier alpha value is -4.57. The molecular weight excluding hydrogens is 584 g/mol. The van der Waals surface area contributed by atoms with Crippen molar-refractivity contribution in [1.29, 1.82) is 0 Å². The predicted octanol–water partition coefficient (Wildman–Crippen LogP) is 5.63. The van der Waals surface area contributed by atoms with Crippen LogP contribution in [0.25, 0.3) is 0 Å². The maximum absolute atomic E-state index is 14.9. The minimum Gasteiger partial charge on any atom is -0.352 e. The summed E-state index contributed by atoms with van der Waals surface area (Å²) in [5.74, 6) is -2.36. The molecule has 0 saturated heterocycles. The first kappa shape index (κ1) is 32.3. The molecule has 7 nitrogen and oxygen atoms in total. The molecule has 4 aromatic carbocycles. The van der Waals surface area contributed by atoms with Gasteiger partial charge in [-0.2, -0.15) is 0 Å². The Bertz CT molecular complexity index is 1680. The first-order chi connectivity index (χ1) is 21.0. The highest BCUT2D eigenvalue weighted by Crippen LogP contribution is 2.26. The van der Waals surface area contributed by atoms with Crippen molar-refractivity contribution < 1.29 is 26.8 Å². The van der Waals surface area contributed by atoms with Crippen LogP contribution in [0.5, 0.6) is 0 Å². The number of amides is 2. The summed E-state index contributed by atoms with van der Waals surface area (Å²) >= 11 is 0. The number of hydrogen-bond acceptors (Lipinski definition) is 4. The minimum absolute atomic E-state index is 0.106. The summed E-state index contributed by atoms with van der Waals surface area (Å²) in [6, 6.07) is 24.5. The molecule has 0 aliphatic carbocycles. The Labute approximate surface area is 257 Å². The van der Waals surface area contributed by atoms with Gasteiger partial charge in [-0.15, -0.1) is 0 Å². The monoisotopic (exact) mass is 619 g/mol. The van der Waals surface area contributed by atoms with Crippen molar-refractivity contribution in [2.75, 3.05) is 10.8 Å². The topological polar surface area (TPSA) is 86.8 Å². The van der Waals surface area contributed by atoms with Crippen LogP contribution in [0.15, 0.2) is 108 Å². The van der Waals surface area contributed by atoms with E-state index in [0.717, 1.165) is 39.7 Å². The molecule has 4 rings (SSSR count). The van der Waals surface area contributed by atoms with E-state index in [2.05, 4.69) is 5.32 Å². The Morgan fingerprint density at radius 3 is 2.05 bits per heavy atom. The maximum Gasteiger partial charge on any atom is 0.264 e. The van der Waals surface area contributed by atoms with Crippen LogP contribution in [0.3, 0.4) is 0 Å². The summed E-state index contributed by atoms with van der Waals surface area (Å²) in [4.78, 5) is 29.0. The van der Waals surface area contributed by atoms with Crippen LogP contribution in [0, 0.1) is 18.6 Å². The zero-order chi connectivity index (χ0) is 31.9. The Morgan fingerprint density at radius 1 is 0.818 bits per heavy atom. The van der Waals surface area contributed by atoms with Gasteiger partial charge in [-0.3, -0.25) is 13.9 Å². The Kier molecular flexibility index (Phi) is 10.5. The molecule has 0 aliphatic heterocycles. The summed E-state index contributed by atoms with van der Waals surface area (Å²) in [6.07, 6.45) is 0.106. The number of aryl methyl sites for hydroxylation is 1. The molecule has 0 radical (unpaired) electrons. The van der Waals surface area contributed by atoms with Crippen molar-refractivity contribution in [3.8, 4) is 0 Å². The van der Waals surface area contributed by atoms with Gasteiger partial charge in [0.05, 0.1) is 10.6 Å². The van der Waals surface area contributed by atoms with E-state index in [1.807, 2.05) is 37.3 Å². The highest BCUT2D eigenvalue weighted by atomic mass is 32.2.